The first kappa shape index (κ1) is 10.7. The number of aromatic nitrogens is 4. The maximum atomic E-state index is 4.41. The second-order valence-corrected chi connectivity index (χ2v) is 4.05. The van der Waals surface area contributed by atoms with Crippen molar-refractivity contribution >= 4 is 0 Å². The molecular weight excluding hydrogens is 224 g/mol. The van der Waals surface area contributed by atoms with E-state index in [4.69, 9.17) is 0 Å². The molecule has 0 fully saturated rings. The lowest BCUT2D eigenvalue weighted by Crippen LogP contribution is -1.98. The minimum atomic E-state index is 0.782. The summed E-state index contributed by atoms with van der Waals surface area (Å²) >= 11 is 0. The third-order valence-corrected chi connectivity index (χ3v) is 2.67. The highest BCUT2D eigenvalue weighted by Crippen LogP contribution is 2.16. The van der Waals surface area contributed by atoms with E-state index in [1.807, 2.05) is 61.7 Å². The fourth-order valence-electron chi connectivity index (χ4n) is 1.77. The fourth-order valence-corrected chi connectivity index (χ4v) is 1.77. The lowest BCUT2D eigenvalue weighted by Gasteiger charge is -1.99. The van der Waals surface area contributed by atoms with E-state index in [0.717, 1.165) is 22.8 Å². The highest BCUT2D eigenvalue weighted by molar-refractivity contribution is 5.57. The molecule has 2 aromatic heterocycles. The van der Waals surface area contributed by atoms with E-state index in [-0.39, 0.29) is 0 Å². The summed E-state index contributed by atoms with van der Waals surface area (Å²) < 4.78 is 1.69. The van der Waals surface area contributed by atoms with Crippen LogP contribution in [0.4, 0.5) is 0 Å². The molecule has 0 atom stereocenters. The minimum Gasteiger partial charge on any atom is -0.234 e. The number of rotatable bonds is 2. The van der Waals surface area contributed by atoms with E-state index in [1.54, 1.807) is 4.68 Å². The maximum Gasteiger partial charge on any atom is 0.155 e. The number of benzene rings is 1. The fraction of sp³-hybridized carbons (Fsp3) is 0.0714. The van der Waals surface area contributed by atoms with Gasteiger partial charge in [-0.25, -0.2) is 9.67 Å². The van der Waals surface area contributed by atoms with Gasteiger partial charge in [-0.2, -0.15) is 0 Å². The standard InChI is InChI=1S/C14H12N4/c1-11-6-5-9-14(15-11)18-10-13(16-17-18)12-7-3-2-4-8-12/h2-10H,1H3. The molecule has 0 aliphatic carbocycles. The lowest BCUT2D eigenvalue weighted by atomic mass is 10.2. The van der Waals surface area contributed by atoms with Crippen LogP contribution in [0.1, 0.15) is 5.69 Å². The van der Waals surface area contributed by atoms with Crippen LogP contribution in [-0.4, -0.2) is 20.0 Å². The average molecular weight is 236 g/mol. The number of pyridine rings is 1. The minimum absolute atomic E-state index is 0.782. The van der Waals surface area contributed by atoms with Gasteiger partial charge in [0, 0.05) is 11.3 Å². The van der Waals surface area contributed by atoms with E-state index in [9.17, 15) is 0 Å². The molecule has 0 amide bonds. The quantitative estimate of drug-likeness (QED) is 0.687. The number of nitrogens with zero attached hydrogens (tertiary/aromatic N) is 4. The van der Waals surface area contributed by atoms with Crippen molar-refractivity contribution in [2.45, 2.75) is 6.92 Å². The molecule has 4 nitrogen and oxygen atoms in total. The summed E-state index contributed by atoms with van der Waals surface area (Å²) in [5.41, 5.74) is 2.86. The second kappa shape index (κ2) is 4.41. The first-order chi connectivity index (χ1) is 8.83. The zero-order valence-corrected chi connectivity index (χ0v) is 9.99. The summed E-state index contributed by atoms with van der Waals surface area (Å²) in [6.45, 7) is 1.96. The molecular formula is C14H12N4. The first-order valence-corrected chi connectivity index (χ1v) is 5.75. The molecule has 4 heteroatoms. The van der Waals surface area contributed by atoms with Crippen LogP contribution in [0.2, 0.25) is 0 Å². The normalized spacial score (nSPS) is 10.5. The van der Waals surface area contributed by atoms with Crippen LogP contribution < -0.4 is 0 Å². The molecule has 3 aromatic rings. The molecule has 0 spiro atoms. The average Bonchev–Trinajstić information content (AvgIpc) is 2.89. The van der Waals surface area contributed by atoms with E-state index < -0.39 is 0 Å². The molecule has 3 rings (SSSR count). The molecule has 0 radical (unpaired) electrons. The molecule has 0 aliphatic heterocycles. The SMILES string of the molecule is Cc1cccc(-n2cc(-c3ccccc3)nn2)n1. The van der Waals surface area contributed by atoms with Crippen LogP contribution in [0, 0.1) is 6.92 Å². The highest BCUT2D eigenvalue weighted by Gasteiger charge is 2.05. The predicted molar refractivity (Wildman–Crippen MR) is 69.3 cm³/mol. The molecule has 0 bridgehead atoms. The molecule has 2 heterocycles. The van der Waals surface area contributed by atoms with Crippen molar-refractivity contribution in [2.75, 3.05) is 0 Å². The van der Waals surface area contributed by atoms with Gasteiger partial charge in [0.15, 0.2) is 5.82 Å². The zero-order chi connectivity index (χ0) is 12.4. The summed E-state index contributed by atoms with van der Waals surface area (Å²) in [7, 11) is 0. The monoisotopic (exact) mass is 236 g/mol. The summed E-state index contributed by atoms with van der Waals surface area (Å²) in [5, 5.41) is 8.27. The molecule has 0 unspecified atom stereocenters. The zero-order valence-electron chi connectivity index (χ0n) is 9.99. The van der Waals surface area contributed by atoms with Gasteiger partial charge in [-0.15, -0.1) is 5.10 Å². The van der Waals surface area contributed by atoms with Crippen molar-refractivity contribution in [1.82, 2.24) is 20.0 Å². The van der Waals surface area contributed by atoms with Gasteiger partial charge in [0.05, 0.1) is 6.20 Å². The number of hydrogen-bond donors (Lipinski definition) is 0. The molecule has 0 N–H and O–H groups in total. The van der Waals surface area contributed by atoms with Crippen LogP contribution in [0.5, 0.6) is 0 Å². The van der Waals surface area contributed by atoms with E-state index >= 15 is 0 Å². The van der Waals surface area contributed by atoms with Gasteiger partial charge in [-0.3, -0.25) is 0 Å². The Balaban J connectivity index is 2.00. The Morgan fingerprint density at radius 2 is 1.78 bits per heavy atom. The van der Waals surface area contributed by atoms with E-state index in [1.165, 1.54) is 0 Å². The Labute approximate surface area is 105 Å². The summed E-state index contributed by atoms with van der Waals surface area (Å²) in [6, 6.07) is 15.8. The smallest absolute Gasteiger partial charge is 0.155 e. The molecule has 0 aliphatic rings. The highest BCUT2D eigenvalue weighted by atomic mass is 15.4. The van der Waals surface area contributed by atoms with Crippen molar-refractivity contribution in [3.8, 4) is 17.1 Å². The largest absolute Gasteiger partial charge is 0.234 e. The van der Waals surface area contributed by atoms with Gasteiger partial charge in [0.1, 0.15) is 5.69 Å². The molecule has 88 valence electrons. The molecule has 18 heavy (non-hydrogen) atoms. The number of hydrogen-bond acceptors (Lipinski definition) is 3. The second-order valence-electron chi connectivity index (χ2n) is 4.05. The van der Waals surface area contributed by atoms with Crippen molar-refractivity contribution in [3.05, 3.63) is 60.4 Å². The van der Waals surface area contributed by atoms with Crippen molar-refractivity contribution in [2.24, 2.45) is 0 Å². The van der Waals surface area contributed by atoms with E-state index in [0.29, 0.717) is 0 Å². The van der Waals surface area contributed by atoms with Crippen LogP contribution in [0.15, 0.2) is 54.7 Å². The lowest BCUT2D eigenvalue weighted by molar-refractivity contribution is 0.778. The Kier molecular flexibility index (Phi) is 2.61. The summed E-state index contributed by atoms with van der Waals surface area (Å²) in [6.07, 6.45) is 1.89. The molecule has 0 saturated heterocycles. The van der Waals surface area contributed by atoms with Gasteiger partial charge in [-0.1, -0.05) is 41.6 Å². The topological polar surface area (TPSA) is 43.6 Å². The predicted octanol–water partition coefficient (Wildman–Crippen LogP) is 2.64. The first-order valence-electron chi connectivity index (χ1n) is 5.75. The van der Waals surface area contributed by atoms with Crippen LogP contribution in [0.3, 0.4) is 0 Å². The maximum absolute atomic E-state index is 4.41. The van der Waals surface area contributed by atoms with Crippen molar-refractivity contribution in [1.29, 1.82) is 0 Å². The van der Waals surface area contributed by atoms with E-state index in [2.05, 4.69) is 15.3 Å². The Morgan fingerprint density at radius 1 is 0.944 bits per heavy atom. The van der Waals surface area contributed by atoms with Gasteiger partial charge >= 0.3 is 0 Å². The van der Waals surface area contributed by atoms with Gasteiger partial charge in [0.2, 0.25) is 0 Å². The summed E-state index contributed by atoms with van der Waals surface area (Å²) in [5.74, 6) is 0.782. The van der Waals surface area contributed by atoms with Gasteiger partial charge < -0.3 is 0 Å². The molecule has 0 saturated carbocycles. The Morgan fingerprint density at radius 3 is 2.56 bits per heavy atom. The van der Waals surface area contributed by atoms with Crippen molar-refractivity contribution < 1.29 is 0 Å². The third-order valence-electron chi connectivity index (χ3n) is 2.67. The summed E-state index contributed by atoms with van der Waals surface area (Å²) in [4.78, 5) is 4.41. The van der Waals surface area contributed by atoms with Crippen molar-refractivity contribution in [3.63, 3.8) is 0 Å². The van der Waals surface area contributed by atoms with Gasteiger partial charge in [-0.05, 0) is 19.1 Å². The van der Waals surface area contributed by atoms with Gasteiger partial charge in [0.25, 0.3) is 0 Å². The molecule has 1 aromatic carbocycles. The Bertz CT molecular complexity index is 658. The van der Waals surface area contributed by atoms with Crippen LogP contribution in [0.25, 0.3) is 17.1 Å². The third kappa shape index (κ3) is 2.00. The van der Waals surface area contributed by atoms with Crippen LogP contribution in [-0.2, 0) is 0 Å². The van der Waals surface area contributed by atoms with Crippen LogP contribution >= 0.6 is 0 Å². The Hall–Kier alpha value is -2.49. The number of aryl methyl sites for hydroxylation is 1.